The first-order chi connectivity index (χ1) is 8.88. The van der Waals surface area contributed by atoms with Crippen LogP contribution in [0.2, 0.25) is 5.02 Å². The molecule has 2 rings (SSSR count). The molecule has 0 aromatic heterocycles. The highest BCUT2D eigenvalue weighted by molar-refractivity contribution is 7.89. The summed E-state index contributed by atoms with van der Waals surface area (Å²) in [5, 5.41) is 4.58. The van der Waals surface area contributed by atoms with Crippen LogP contribution in [0, 0.1) is 0 Å². The van der Waals surface area contributed by atoms with E-state index < -0.39 is 28.0 Å². The second kappa shape index (κ2) is 5.16. The Balaban J connectivity index is 2.06. The van der Waals surface area contributed by atoms with Crippen LogP contribution >= 0.6 is 11.6 Å². The monoisotopic (exact) mass is 303 g/mol. The van der Waals surface area contributed by atoms with Crippen molar-refractivity contribution in [3.8, 4) is 0 Å². The van der Waals surface area contributed by atoms with Gasteiger partial charge >= 0.3 is 6.03 Å². The minimum absolute atomic E-state index is 0.00951. The van der Waals surface area contributed by atoms with Gasteiger partial charge in [-0.2, -0.15) is 0 Å². The van der Waals surface area contributed by atoms with Gasteiger partial charge < -0.3 is 5.32 Å². The lowest BCUT2D eigenvalue weighted by Crippen LogP contribution is -2.41. The summed E-state index contributed by atoms with van der Waals surface area (Å²) in [4.78, 5) is 22.1. The molecule has 3 amide bonds. The molecule has 19 heavy (non-hydrogen) atoms. The van der Waals surface area contributed by atoms with Crippen molar-refractivity contribution in [3.63, 3.8) is 0 Å². The molecular formula is C10H10ClN3O4S. The van der Waals surface area contributed by atoms with Gasteiger partial charge in [0, 0.05) is 11.6 Å². The number of urea groups is 1. The van der Waals surface area contributed by atoms with Gasteiger partial charge in [-0.25, -0.2) is 17.9 Å². The van der Waals surface area contributed by atoms with Gasteiger partial charge in [-0.3, -0.25) is 10.1 Å². The molecule has 9 heteroatoms. The summed E-state index contributed by atoms with van der Waals surface area (Å²) in [6.45, 7) is -0.230. The molecule has 3 N–H and O–H groups in total. The molecular weight excluding hydrogens is 294 g/mol. The van der Waals surface area contributed by atoms with E-state index in [0.717, 1.165) is 0 Å². The Labute approximate surface area is 114 Å². The van der Waals surface area contributed by atoms with Crippen LogP contribution in [0.3, 0.4) is 0 Å². The quantitative estimate of drug-likeness (QED) is 0.671. The molecule has 1 saturated heterocycles. The molecule has 1 unspecified atom stereocenters. The summed E-state index contributed by atoms with van der Waals surface area (Å²) in [6, 6.07) is 4.16. The van der Waals surface area contributed by atoms with Gasteiger partial charge in [0.2, 0.25) is 10.0 Å². The fourth-order valence-corrected chi connectivity index (χ4v) is 2.86. The van der Waals surface area contributed by atoms with Crippen LogP contribution in [0.15, 0.2) is 29.2 Å². The molecule has 1 aliphatic heterocycles. The zero-order valence-electron chi connectivity index (χ0n) is 9.51. The van der Waals surface area contributed by atoms with Gasteiger partial charge in [0.15, 0.2) is 0 Å². The Morgan fingerprint density at radius 1 is 1.32 bits per heavy atom. The first-order valence-electron chi connectivity index (χ1n) is 5.25. The number of rotatable bonds is 4. The second-order valence-corrected chi connectivity index (χ2v) is 6.03. The van der Waals surface area contributed by atoms with Crippen molar-refractivity contribution in [2.75, 3.05) is 6.54 Å². The maximum Gasteiger partial charge on any atom is 0.322 e. The molecule has 1 aromatic rings. The molecule has 1 aromatic carbocycles. The van der Waals surface area contributed by atoms with E-state index in [-0.39, 0.29) is 16.5 Å². The van der Waals surface area contributed by atoms with Crippen LogP contribution in [0.1, 0.15) is 0 Å². The topological polar surface area (TPSA) is 104 Å². The van der Waals surface area contributed by atoms with Crippen molar-refractivity contribution in [2.45, 2.75) is 10.9 Å². The maximum absolute atomic E-state index is 11.9. The SMILES string of the molecule is O=C1NC(=O)C(CNS(=O)(=O)c2cccc(Cl)c2)N1. The average Bonchev–Trinajstić information content (AvgIpc) is 2.65. The molecule has 102 valence electrons. The highest BCUT2D eigenvalue weighted by Gasteiger charge is 2.30. The molecule has 1 aliphatic rings. The number of carbonyl (C=O) groups is 2. The predicted molar refractivity (Wildman–Crippen MR) is 67.1 cm³/mol. The molecule has 7 nitrogen and oxygen atoms in total. The standard InChI is InChI=1S/C10H10ClN3O4S/c11-6-2-1-3-7(4-6)19(17,18)12-5-8-9(15)14-10(16)13-8/h1-4,8,12H,5H2,(H2,13,14,15,16). The number of nitrogens with one attached hydrogen (secondary N) is 3. The van der Waals surface area contributed by atoms with Crippen LogP contribution in [-0.4, -0.2) is 32.9 Å². The number of amides is 3. The third kappa shape index (κ3) is 3.22. The summed E-state index contributed by atoms with van der Waals surface area (Å²) in [6.07, 6.45) is 0. The van der Waals surface area contributed by atoms with Crippen molar-refractivity contribution in [3.05, 3.63) is 29.3 Å². The van der Waals surface area contributed by atoms with E-state index in [1.807, 2.05) is 5.32 Å². The second-order valence-electron chi connectivity index (χ2n) is 3.82. The fourth-order valence-electron chi connectivity index (χ4n) is 1.51. The number of benzene rings is 1. The van der Waals surface area contributed by atoms with Crippen LogP contribution in [-0.2, 0) is 14.8 Å². The van der Waals surface area contributed by atoms with E-state index >= 15 is 0 Å². The van der Waals surface area contributed by atoms with Gasteiger partial charge in [0.25, 0.3) is 5.91 Å². The van der Waals surface area contributed by atoms with Crippen molar-refractivity contribution < 1.29 is 18.0 Å². The zero-order chi connectivity index (χ0) is 14.0. The molecule has 0 saturated carbocycles. The highest BCUT2D eigenvalue weighted by atomic mass is 35.5. The fraction of sp³-hybridized carbons (Fsp3) is 0.200. The van der Waals surface area contributed by atoms with Gasteiger partial charge in [-0.1, -0.05) is 17.7 Å². The Kier molecular flexibility index (Phi) is 3.74. The molecule has 0 spiro atoms. The van der Waals surface area contributed by atoms with Crippen LogP contribution in [0.5, 0.6) is 0 Å². The van der Waals surface area contributed by atoms with Gasteiger partial charge in [-0.15, -0.1) is 0 Å². The number of hydrogen-bond acceptors (Lipinski definition) is 4. The van der Waals surface area contributed by atoms with Crippen molar-refractivity contribution in [1.29, 1.82) is 0 Å². The Morgan fingerprint density at radius 2 is 2.05 bits per heavy atom. The van der Waals surface area contributed by atoms with E-state index in [1.165, 1.54) is 18.2 Å². The lowest BCUT2D eigenvalue weighted by Gasteiger charge is -2.10. The Hall–Kier alpha value is -1.64. The van der Waals surface area contributed by atoms with Crippen LogP contribution in [0.25, 0.3) is 0 Å². The lowest BCUT2D eigenvalue weighted by molar-refractivity contribution is -0.120. The van der Waals surface area contributed by atoms with Gasteiger partial charge in [0.05, 0.1) is 4.90 Å². The van der Waals surface area contributed by atoms with Gasteiger partial charge in [-0.05, 0) is 18.2 Å². The first-order valence-corrected chi connectivity index (χ1v) is 7.11. The van der Waals surface area contributed by atoms with E-state index in [1.54, 1.807) is 6.07 Å². The third-order valence-electron chi connectivity index (χ3n) is 2.44. The van der Waals surface area contributed by atoms with Crippen molar-refractivity contribution in [2.24, 2.45) is 0 Å². The molecule has 0 bridgehead atoms. The van der Waals surface area contributed by atoms with Crippen LogP contribution < -0.4 is 15.4 Å². The van der Waals surface area contributed by atoms with E-state index in [0.29, 0.717) is 0 Å². The first kappa shape index (κ1) is 13.8. The summed E-state index contributed by atoms with van der Waals surface area (Å²) in [5.41, 5.74) is 0. The highest BCUT2D eigenvalue weighted by Crippen LogP contribution is 2.15. The minimum atomic E-state index is -3.78. The average molecular weight is 304 g/mol. The summed E-state index contributed by atoms with van der Waals surface area (Å²) >= 11 is 5.71. The summed E-state index contributed by atoms with van der Waals surface area (Å²) in [7, 11) is -3.78. The van der Waals surface area contributed by atoms with Crippen molar-refractivity contribution >= 4 is 33.6 Å². The predicted octanol–water partition coefficient (Wildman–Crippen LogP) is -0.174. The summed E-state index contributed by atoms with van der Waals surface area (Å²) in [5.74, 6) is -0.571. The largest absolute Gasteiger partial charge is 0.325 e. The smallest absolute Gasteiger partial charge is 0.322 e. The number of hydrogen-bond donors (Lipinski definition) is 3. The number of sulfonamides is 1. The van der Waals surface area contributed by atoms with E-state index in [4.69, 9.17) is 11.6 Å². The number of imide groups is 1. The molecule has 1 heterocycles. The van der Waals surface area contributed by atoms with Gasteiger partial charge in [0.1, 0.15) is 6.04 Å². The number of halogens is 1. The minimum Gasteiger partial charge on any atom is -0.325 e. The molecule has 1 atom stereocenters. The summed E-state index contributed by atoms with van der Waals surface area (Å²) < 4.78 is 26.1. The third-order valence-corrected chi connectivity index (χ3v) is 4.10. The number of carbonyl (C=O) groups excluding carboxylic acids is 2. The molecule has 1 fully saturated rings. The normalized spacial score (nSPS) is 19.1. The van der Waals surface area contributed by atoms with Crippen molar-refractivity contribution in [1.82, 2.24) is 15.4 Å². The Morgan fingerprint density at radius 3 is 2.63 bits per heavy atom. The van der Waals surface area contributed by atoms with E-state index in [9.17, 15) is 18.0 Å². The zero-order valence-corrected chi connectivity index (χ0v) is 11.1. The Bertz CT molecular complexity index is 631. The van der Waals surface area contributed by atoms with E-state index in [2.05, 4.69) is 10.0 Å². The van der Waals surface area contributed by atoms with Crippen LogP contribution in [0.4, 0.5) is 4.79 Å². The molecule has 0 radical (unpaired) electrons. The molecule has 0 aliphatic carbocycles. The lowest BCUT2D eigenvalue weighted by atomic mass is 10.3. The maximum atomic E-state index is 11.9.